The number of aliphatic carboxylic acids is 1. The first-order chi connectivity index (χ1) is 9.38. The normalized spacial score (nSPS) is 15.7. The number of hydrogen-bond acceptors (Lipinski definition) is 5. The Kier molecular flexibility index (Phi) is 5.94. The average Bonchev–Trinajstić information content (AvgIpc) is 2.42. The Morgan fingerprint density at radius 1 is 1.35 bits per heavy atom. The van der Waals surface area contributed by atoms with Gasteiger partial charge in [-0.3, -0.25) is 0 Å². The fourth-order valence-corrected chi connectivity index (χ4v) is 1.90. The van der Waals surface area contributed by atoms with E-state index in [0.29, 0.717) is 11.3 Å². The van der Waals surface area contributed by atoms with Crippen LogP contribution in [0.2, 0.25) is 0 Å². The largest absolute Gasteiger partial charge is 0.480 e. The molecule has 0 aromatic heterocycles. The van der Waals surface area contributed by atoms with E-state index in [1.54, 1.807) is 38.1 Å². The number of aliphatic hydroxyl groups is 2. The van der Waals surface area contributed by atoms with Gasteiger partial charge in [0.15, 0.2) is 0 Å². The van der Waals surface area contributed by atoms with E-state index in [0.717, 1.165) is 0 Å². The predicted octanol–water partition coefficient (Wildman–Crippen LogP) is 0.561. The molecule has 0 saturated carbocycles. The second-order valence-electron chi connectivity index (χ2n) is 5.08. The molecule has 0 amide bonds. The molecule has 0 bridgehead atoms. The van der Waals surface area contributed by atoms with Gasteiger partial charge in [0.05, 0.1) is 18.8 Å². The van der Waals surface area contributed by atoms with Crippen LogP contribution in [-0.4, -0.2) is 40.0 Å². The maximum Gasteiger partial charge on any atom is 0.326 e. The van der Waals surface area contributed by atoms with Crippen LogP contribution in [0.3, 0.4) is 0 Å². The van der Waals surface area contributed by atoms with Crippen molar-refractivity contribution in [2.24, 2.45) is 11.7 Å². The Morgan fingerprint density at radius 2 is 1.95 bits per heavy atom. The molecule has 1 aromatic carbocycles. The number of carboxylic acids is 1. The van der Waals surface area contributed by atoms with E-state index < -0.39 is 24.2 Å². The highest BCUT2D eigenvalue weighted by Crippen LogP contribution is 2.26. The maximum atomic E-state index is 11.2. The SMILES string of the molecule is CC(C)[C@H](Nc1ccccc1[C@H](O)[C@H](N)CO)C(=O)O. The summed E-state index contributed by atoms with van der Waals surface area (Å²) in [7, 11) is 0. The number of para-hydroxylation sites is 1. The van der Waals surface area contributed by atoms with Crippen molar-refractivity contribution in [3.63, 3.8) is 0 Å². The molecule has 0 unspecified atom stereocenters. The van der Waals surface area contributed by atoms with Crippen LogP contribution in [-0.2, 0) is 4.79 Å². The number of nitrogens with two attached hydrogens (primary N) is 1. The number of benzene rings is 1. The fraction of sp³-hybridized carbons (Fsp3) is 0.500. The molecule has 3 atom stereocenters. The number of carbonyl (C=O) groups is 1. The zero-order valence-electron chi connectivity index (χ0n) is 11.7. The Labute approximate surface area is 118 Å². The number of rotatable bonds is 7. The van der Waals surface area contributed by atoms with Gasteiger partial charge in [-0.1, -0.05) is 32.0 Å². The maximum absolute atomic E-state index is 11.2. The molecular formula is C14H22N2O4. The predicted molar refractivity (Wildman–Crippen MR) is 76.3 cm³/mol. The first kappa shape index (κ1) is 16.4. The number of carboxylic acid groups (broad SMARTS) is 1. The number of anilines is 1. The average molecular weight is 282 g/mol. The lowest BCUT2D eigenvalue weighted by Crippen LogP contribution is -2.36. The van der Waals surface area contributed by atoms with Crippen molar-refractivity contribution < 1.29 is 20.1 Å². The van der Waals surface area contributed by atoms with Gasteiger partial charge in [-0.05, 0) is 12.0 Å². The lowest BCUT2D eigenvalue weighted by atomic mass is 9.99. The molecule has 0 spiro atoms. The van der Waals surface area contributed by atoms with Crippen LogP contribution in [0.25, 0.3) is 0 Å². The molecule has 112 valence electrons. The zero-order chi connectivity index (χ0) is 15.3. The Bertz CT molecular complexity index is 451. The third-order valence-electron chi connectivity index (χ3n) is 3.14. The minimum atomic E-state index is -1.06. The first-order valence-corrected chi connectivity index (χ1v) is 6.51. The van der Waals surface area contributed by atoms with Crippen molar-refractivity contribution in [2.75, 3.05) is 11.9 Å². The summed E-state index contributed by atoms with van der Waals surface area (Å²) in [6.07, 6.45) is -1.06. The lowest BCUT2D eigenvalue weighted by Gasteiger charge is -2.24. The van der Waals surface area contributed by atoms with Gasteiger partial charge < -0.3 is 26.4 Å². The van der Waals surface area contributed by atoms with Gasteiger partial charge >= 0.3 is 5.97 Å². The van der Waals surface area contributed by atoms with Crippen molar-refractivity contribution in [2.45, 2.75) is 32.0 Å². The van der Waals surface area contributed by atoms with Gasteiger partial charge in [0.1, 0.15) is 6.04 Å². The molecule has 6 N–H and O–H groups in total. The summed E-state index contributed by atoms with van der Waals surface area (Å²) in [5.74, 6) is -1.08. The molecule has 0 aliphatic heterocycles. The molecule has 1 aromatic rings. The van der Waals surface area contributed by atoms with Crippen molar-refractivity contribution in [3.8, 4) is 0 Å². The molecule has 6 nitrogen and oxygen atoms in total. The minimum Gasteiger partial charge on any atom is -0.480 e. The van der Waals surface area contributed by atoms with Gasteiger partial charge in [0.2, 0.25) is 0 Å². The molecule has 1 rings (SSSR count). The number of hydrogen-bond donors (Lipinski definition) is 5. The lowest BCUT2D eigenvalue weighted by molar-refractivity contribution is -0.138. The van der Waals surface area contributed by atoms with Crippen LogP contribution in [0, 0.1) is 5.92 Å². The second-order valence-corrected chi connectivity index (χ2v) is 5.08. The van der Waals surface area contributed by atoms with E-state index in [2.05, 4.69) is 5.32 Å². The van der Waals surface area contributed by atoms with E-state index in [4.69, 9.17) is 10.8 Å². The van der Waals surface area contributed by atoms with Crippen molar-refractivity contribution >= 4 is 11.7 Å². The smallest absolute Gasteiger partial charge is 0.326 e. The quantitative estimate of drug-likeness (QED) is 0.499. The Morgan fingerprint density at radius 3 is 2.45 bits per heavy atom. The minimum absolute atomic E-state index is 0.121. The standard InChI is InChI=1S/C14H22N2O4/c1-8(2)12(14(19)20)16-11-6-4-3-5-9(11)13(18)10(15)7-17/h3-6,8,10,12-13,16-18H,7,15H2,1-2H3,(H,19,20)/t10-,12+,13+/m1/s1. The molecule has 0 fully saturated rings. The van der Waals surface area contributed by atoms with Crippen LogP contribution < -0.4 is 11.1 Å². The van der Waals surface area contributed by atoms with Crippen LogP contribution in [0.4, 0.5) is 5.69 Å². The summed E-state index contributed by atoms with van der Waals surface area (Å²) in [5.41, 5.74) is 6.60. The molecule has 20 heavy (non-hydrogen) atoms. The van der Waals surface area contributed by atoms with E-state index in [9.17, 15) is 15.0 Å². The van der Waals surface area contributed by atoms with E-state index in [1.165, 1.54) is 0 Å². The van der Waals surface area contributed by atoms with Gasteiger partial charge in [0.25, 0.3) is 0 Å². The van der Waals surface area contributed by atoms with Gasteiger partial charge in [-0.25, -0.2) is 4.79 Å². The molecule has 6 heteroatoms. The second kappa shape index (κ2) is 7.23. The van der Waals surface area contributed by atoms with Crippen LogP contribution in [0.15, 0.2) is 24.3 Å². The summed E-state index contributed by atoms with van der Waals surface area (Å²) >= 11 is 0. The molecule has 0 heterocycles. The third kappa shape index (κ3) is 3.93. The van der Waals surface area contributed by atoms with Gasteiger partial charge in [-0.2, -0.15) is 0 Å². The zero-order valence-corrected chi connectivity index (χ0v) is 11.7. The first-order valence-electron chi connectivity index (χ1n) is 6.51. The van der Waals surface area contributed by atoms with Gasteiger partial charge in [-0.15, -0.1) is 0 Å². The van der Waals surface area contributed by atoms with Crippen molar-refractivity contribution in [1.82, 2.24) is 0 Å². The van der Waals surface area contributed by atoms with Crippen LogP contribution >= 0.6 is 0 Å². The number of nitrogens with one attached hydrogen (secondary N) is 1. The highest BCUT2D eigenvalue weighted by Gasteiger charge is 2.24. The Balaban J connectivity index is 3.04. The summed E-state index contributed by atoms with van der Waals surface area (Å²) in [6.45, 7) is 3.23. The fourth-order valence-electron chi connectivity index (χ4n) is 1.90. The highest BCUT2D eigenvalue weighted by molar-refractivity contribution is 5.78. The van der Waals surface area contributed by atoms with E-state index in [1.807, 2.05) is 0 Å². The van der Waals surface area contributed by atoms with Gasteiger partial charge in [0, 0.05) is 11.3 Å². The topological polar surface area (TPSA) is 116 Å². The van der Waals surface area contributed by atoms with E-state index >= 15 is 0 Å². The van der Waals surface area contributed by atoms with E-state index in [-0.39, 0.29) is 12.5 Å². The van der Waals surface area contributed by atoms with Crippen molar-refractivity contribution in [3.05, 3.63) is 29.8 Å². The molecule has 0 radical (unpaired) electrons. The Hall–Kier alpha value is -1.63. The van der Waals surface area contributed by atoms with Crippen LogP contribution in [0.5, 0.6) is 0 Å². The highest BCUT2D eigenvalue weighted by atomic mass is 16.4. The monoisotopic (exact) mass is 282 g/mol. The molecular weight excluding hydrogens is 260 g/mol. The van der Waals surface area contributed by atoms with Crippen LogP contribution in [0.1, 0.15) is 25.5 Å². The third-order valence-corrected chi connectivity index (χ3v) is 3.14. The molecule has 0 saturated heterocycles. The molecule has 0 aliphatic carbocycles. The summed E-state index contributed by atoms with van der Waals surface area (Å²) in [4.78, 5) is 11.2. The molecule has 0 aliphatic rings. The number of aliphatic hydroxyl groups excluding tert-OH is 2. The summed E-state index contributed by atoms with van der Waals surface area (Å²) in [6, 6.07) is 5.21. The van der Waals surface area contributed by atoms with Crippen molar-refractivity contribution in [1.29, 1.82) is 0 Å². The summed E-state index contributed by atoms with van der Waals surface area (Å²) < 4.78 is 0. The summed E-state index contributed by atoms with van der Waals surface area (Å²) in [5, 5.41) is 31.2.